The lowest BCUT2D eigenvalue weighted by Gasteiger charge is -2.14. The summed E-state index contributed by atoms with van der Waals surface area (Å²) >= 11 is 1.52. The first kappa shape index (κ1) is 21.5. The van der Waals surface area contributed by atoms with Crippen molar-refractivity contribution in [3.05, 3.63) is 70.3 Å². The van der Waals surface area contributed by atoms with Gasteiger partial charge in [-0.05, 0) is 51.5 Å². The fourth-order valence-corrected chi connectivity index (χ4v) is 4.42. The Morgan fingerprint density at radius 2 is 1.65 bits per heavy atom. The van der Waals surface area contributed by atoms with Gasteiger partial charge in [-0.3, -0.25) is 9.36 Å². The molecule has 0 saturated carbocycles. The molecule has 0 fully saturated rings. The van der Waals surface area contributed by atoms with Crippen LogP contribution in [0.15, 0.2) is 58.5 Å². The Kier molecular flexibility index (Phi) is 6.63. The second-order valence-electron chi connectivity index (χ2n) is 7.67. The van der Waals surface area contributed by atoms with Gasteiger partial charge in [0.05, 0.1) is 39.4 Å². The van der Waals surface area contributed by atoms with Gasteiger partial charge in [-0.1, -0.05) is 36.0 Å². The summed E-state index contributed by atoms with van der Waals surface area (Å²) in [6, 6.07) is 15.4. The number of ether oxygens (including phenoxy) is 1. The van der Waals surface area contributed by atoms with E-state index in [9.17, 15) is 4.79 Å². The number of rotatable bonds is 8. The van der Waals surface area contributed by atoms with Crippen molar-refractivity contribution in [3.63, 3.8) is 0 Å². The largest absolute Gasteiger partial charge is 0.379 e. The zero-order valence-corrected chi connectivity index (χ0v) is 18.9. The van der Waals surface area contributed by atoms with Crippen LogP contribution >= 0.6 is 11.8 Å². The summed E-state index contributed by atoms with van der Waals surface area (Å²) in [7, 11) is 0. The van der Waals surface area contributed by atoms with Crippen LogP contribution in [0.2, 0.25) is 0 Å². The molecule has 0 amide bonds. The molecule has 0 N–H and O–H groups in total. The summed E-state index contributed by atoms with van der Waals surface area (Å²) in [4.78, 5) is 27.4. The summed E-state index contributed by atoms with van der Waals surface area (Å²) < 4.78 is 7.42. The average molecular weight is 435 g/mol. The quantitative estimate of drug-likeness (QED) is 0.226. The van der Waals surface area contributed by atoms with Gasteiger partial charge in [-0.2, -0.15) is 0 Å². The number of thioether (sulfide) groups is 1. The van der Waals surface area contributed by atoms with E-state index in [-0.39, 0.29) is 11.7 Å². The molecule has 0 unspecified atom stereocenters. The maximum atomic E-state index is 13.2. The number of nitrogens with zero attached hydrogens (tertiary/aromatic N) is 4. The molecule has 0 radical (unpaired) electrons. The standard InChI is InChI=1S/C24H26N4O2S/c1-16(2)30-14-8-13-28-23(29)18-9-4-5-10-19(18)27-24(28)31-15-22-17(3)25-20-11-6-7-12-21(20)26-22/h4-7,9-12,16H,8,13-15H2,1-3H3. The van der Waals surface area contributed by atoms with Crippen LogP contribution < -0.4 is 5.56 Å². The summed E-state index contributed by atoms with van der Waals surface area (Å²) in [5, 5.41) is 1.33. The molecule has 4 rings (SSSR count). The Labute approximate surface area is 185 Å². The molecule has 0 bridgehead atoms. The topological polar surface area (TPSA) is 69.9 Å². The number of benzene rings is 2. The summed E-state index contributed by atoms with van der Waals surface area (Å²) in [6.07, 6.45) is 0.926. The second-order valence-corrected chi connectivity index (χ2v) is 8.62. The number of aryl methyl sites for hydroxylation is 1. The van der Waals surface area contributed by atoms with Gasteiger partial charge in [0.25, 0.3) is 5.56 Å². The van der Waals surface area contributed by atoms with Crippen molar-refractivity contribution in [1.82, 2.24) is 19.5 Å². The maximum Gasteiger partial charge on any atom is 0.262 e. The molecular weight excluding hydrogens is 408 g/mol. The van der Waals surface area contributed by atoms with Crippen LogP contribution in [0, 0.1) is 6.92 Å². The third-order valence-corrected chi connectivity index (χ3v) is 5.97. The second kappa shape index (κ2) is 9.58. The molecule has 2 aromatic carbocycles. The molecule has 2 aromatic heterocycles. The van der Waals surface area contributed by atoms with Crippen molar-refractivity contribution in [2.24, 2.45) is 0 Å². The van der Waals surface area contributed by atoms with Gasteiger partial charge >= 0.3 is 0 Å². The van der Waals surface area contributed by atoms with E-state index in [4.69, 9.17) is 14.7 Å². The maximum absolute atomic E-state index is 13.2. The van der Waals surface area contributed by atoms with E-state index in [1.807, 2.05) is 69.3 Å². The minimum atomic E-state index is -0.0148. The van der Waals surface area contributed by atoms with Crippen LogP contribution in [0.3, 0.4) is 0 Å². The molecule has 0 aliphatic rings. The molecule has 4 aromatic rings. The third kappa shape index (κ3) is 4.94. The first-order chi connectivity index (χ1) is 15.0. The molecule has 0 atom stereocenters. The fourth-order valence-electron chi connectivity index (χ4n) is 3.39. The zero-order chi connectivity index (χ0) is 21.8. The van der Waals surface area contributed by atoms with Crippen LogP contribution in [0.4, 0.5) is 0 Å². The van der Waals surface area contributed by atoms with E-state index in [0.717, 1.165) is 28.8 Å². The fraction of sp³-hybridized carbons (Fsp3) is 0.333. The van der Waals surface area contributed by atoms with Gasteiger partial charge in [-0.15, -0.1) is 0 Å². The Hall–Kier alpha value is -2.77. The van der Waals surface area contributed by atoms with E-state index < -0.39 is 0 Å². The van der Waals surface area contributed by atoms with Gasteiger partial charge in [0, 0.05) is 18.9 Å². The molecule has 0 aliphatic carbocycles. The highest BCUT2D eigenvalue weighted by Gasteiger charge is 2.13. The predicted molar refractivity (Wildman–Crippen MR) is 126 cm³/mol. The molecule has 0 saturated heterocycles. The predicted octanol–water partition coefficient (Wildman–Crippen LogP) is 4.76. The SMILES string of the molecule is Cc1nc2ccccc2nc1CSc1nc2ccccc2c(=O)n1CCCOC(C)C. The van der Waals surface area contributed by atoms with E-state index in [2.05, 4.69) is 4.98 Å². The minimum Gasteiger partial charge on any atom is -0.379 e. The van der Waals surface area contributed by atoms with Crippen LogP contribution in [-0.4, -0.2) is 32.2 Å². The van der Waals surface area contributed by atoms with Crippen LogP contribution in [-0.2, 0) is 17.0 Å². The van der Waals surface area contributed by atoms with E-state index >= 15 is 0 Å². The van der Waals surface area contributed by atoms with Gasteiger partial charge in [0.2, 0.25) is 0 Å². The van der Waals surface area contributed by atoms with E-state index in [1.165, 1.54) is 11.8 Å². The average Bonchev–Trinajstić information content (AvgIpc) is 2.76. The van der Waals surface area contributed by atoms with Crippen molar-refractivity contribution in [2.45, 2.75) is 50.8 Å². The van der Waals surface area contributed by atoms with Crippen LogP contribution in [0.5, 0.6) is 0 Å². The lowest BCUT2D eigenvalue weighted by atomic mass is 10.2. The van der Waals surface area contributed by atoms with Crippen molar-refractivity contribution in [3.8, 4) is 0 Å². The van der Waals surface area contributed by atoms with Gasteiger partial charge in [-0.25, -0.2) is 15.0 Å². The summed E-state index contributed by atoms with van der Waals surface area (Å²) in [5.41, 5.74) is 4.26. The molecule has 31 heavy (non-hydrogen) atoms. The summed E-state index contributed by atoms with van der Waals surface area (Å²) in [5.74, 6) is 0.594. The highest BCUT2D eigenvalue weighted by molar-refractivity contribution is 7.98. The van der Waals surface area contributed by atoms with E-state index in [1.54, 1.807) is 4.57 Å². The number of aromatic nitrogens is 4. The highest BCUT2D eigenvalue weighted by atomic mass is 32.2. The normalized spacial score (nSPS) is 11.6. The first-order valence-corrected chi connectivity index (χ1v) is 11.5. The number of hydrogen-bond acceptors (Lipinski definition) is 6. The minimum absolute atomic E-state index is 0.0148. The number of fused-ring (bicyclic) bond motifs is 2. The molecule has 0 aliphatic heterocycles. The zero-order valence-electron chi connectivity index (χ0n) is 18.0. The lowest BCUT2D eigenvalue weighted by molar-refractivity contribution is 0.0743. The van der Waals surface area contributed by atoms with Crippen molar-refractivity contribution < 1.29 is 4.74 Å². The smallest absolute Gasteiger partial charge is 0.262 e. The molecule has 0 spiro atoms. The van der Waals surface area contributed by atoms with Crippen molar-refractivity contribution >= 4 is 33.7 Å². The highest BCUT2D eigenvalue weighted by Crippen LogP contribution is 2.24. The monoisotopic (exact) mass is 434 g/mol. The Balaban J connectivity index is 1.63. The molecule has 160 valence electrons. The van der Waals surface area contributed by atoms with Gasteiger partial charge in [0.1, 0.15) is 0 Å². The van der Waals surface area contributed by atoms with Crippen molar-refractivity contribution in [2.75, 3.05) is 6.61 Å². The summed E-state index contributed by atoms with van der Waals surface area (Å²) in [6.45, 7) is 7.17. The van der Waals surface area contributed by atoms with Crippen molar-refractivity contribution in [1.29, 1.82) is 0 Å². The van der Waals surface area contributed by atoms with Gasteiger partial charge in [0.15, 0.2) is 5.16 Å². The van der Waals surface area contributed by atoms with E-state index in [0.29, 0.717) is 35.0 Å². The number of hydrogen-bond donors (Lipinski definition) is 0. The Morgan fingerprint density at radius 3 is 2.39 bits per heavy atom. The molecule has 2 heterocycles. The molecular formula is C24H26N4O2S. The molecule has 7 heteroatoms. The Bertz CT molecular complexity index is 1270. The van der Waals surface area contributed by atoms with Gasteiger partial charge < -0.3 is 4.74 Å². The third-order valence-electron chi connectivity index (χ3n) is 4.98. The number of para-hydroxylation sites is 3. The Morgan fingerprint density at radius 1 is 0.968 bits per heavy atom. The lowest BCUT2D eigenvalue weighted by Crippen LogP contribution is -2.24. The molecule has 6 nitrogen and oxygen atoms in total. The first-order valence-electron chi connectivity index (χ1n) is 10.5. The van der Waals surface area contributed by atoms with Crippen LogP contribution in [0.1, 0.15) is 31.7 Å². The van der Waals surface area contributed by atoms with Crippen LogP contribution in [0.25, 0.3) is 21.9 Å².